The van der Waals surface area contributed by atoms with E-state index in [0.29, 0.717) is 33.5 Å². The molecule has 0 aliphatic rings. The largest absolute Gasteiger partial charge is 0.493 e. The third kappa shape index (κ3) is 3.91. The van der Waals surface area contributed by atoms with Crippen LogP contribution in [0.5, 0.6) is 11.5 Å². The molecule has 4 aromatic rings. The van der Waals surface area contributed by atoms with E-state index in [0.717, 1.165) is 0 Å². The number of ether oxygens (including phenoxy) is 2. The van der Waals surface area contributed by atoms with Gasteiger partial charge in [0.1, 0.15) is 0 Å². The van der Waals surface area contributed by atoms with Gasteiger partial charge >= 0.3 is 0 Å². The molecule has 0 radical (unpaired) electrons. The highest BCUT2D eigenvalue weighted by atomic mass is 16.6. The van der Waals surface area contributed by atoms with Crippen LogP contribution in [0.25, 0.3) is 22.3 Å². The zero-order chi connectivity index (χ0) is 22.7. The van der Waals surface area contributed by atoms with E-state index in [-0.39, 0.29) is 17.1 Å². The molecule has 0 aliphatic carbocycles. The van der Waals surface area contributed by atoms with Crippen LogP contribution < -0.4 is 15.0 Å². The number of rotatable bonds is 6. The molecule has 4 rings (SSSR count). The smallest absolute Gasteiger partial charge is 0.282 e. The van der Waals surface area contributed by atoms with Gasteiger partial charge in [-0.05, 0) is 30.3 Å². The molecule has 0 aliphatic heterocycles. The third-order valence-corrected chi connectivity index (χ3v) is 4.80. The van der Waals surface area contributed by atoms with E-state index in [2.05, 4.69) is 10.1 Å². The number of aromatic nitrogens is 2. The first-order chi connectivity index (χ1) is 15.5. The summed E-state index contributed by atoms with van der Waals surface area (Å²) in [7, 11) is 3.05. The molecule has 0 N–H and O–H groups in total. The second kappa shape index (κ2) is 8.68. The lowest BCUT2D eigenvalue weighted by Crippen LogP contribution is -2.20. The predicted molar refractivity (Wildman–Crippen MR) is 121 cm³/mol. The fourth-order valence-corrected chi connectivity index (χ4v) is 3.24. The molecule has 3 aromatic carbocycles. The molecular weight excluding hydrogens is 412 g/mol. The summed E-state index contributed by atoms with van der Waals surface area (Å²) in [6.07, 6.45) is 1.38. The zero-order valence-electron chi connectivity index (χ0n) is 17.3. The summed E-state index contributed by atoms with van der Waals surface area (Å²) in [5.41, 5.74) is 1.13. The number of methoxy groups -OCH3 is 2. The second-order valence-corrected chi connectivity index (χ2v) is 6.74. The van der Waals surface area contributed by atoms with Crippen LogP contribution >= 0.6 is 0 Å². The van der Waals surface area contributed by atoms with Gasteiger partial charge < -0.3 is 9.47 Å². The van der Waals surface area contributed by atoms with Crippen molar-refractivity contribution in [1.29, 1.82) is 0 Å². The average molecular weight is 430 g/mol. The fraction of sp³-hybridized carbons (Fsp3) is 0.0870. The van der Waals surface area contributed by atoms with Crippen molar-refractivity contribution in [2.75, 3.05) is 14.2 Å². The van der Waals surface area contributed by atoms with E-state index in [1.807, 2.05) is 0 Å². The van der Waals surface area contributed by atoms with Gasteiger partial charge in [0.25, 0.3) is 11.2 Å². The Hall–Kier alpha value is -4.53. The van der Waals surface area contributed by atoms with Gasteiger partial charge in [-0.2, -0.15) is 9.78 Å². The number of hydrogen-bond donors (Lipinski definition) is 0. The Morgan fingerprint density at radius 3 is 2.53 bits per heavy atom. The summed E-state index contributed by atoms with van der Waals surface area (Å²) >= 11 is 0. The van der Waals surface area contributed by atoms with Crippen molar-refractivity contribution >= 4 is 22.8 Å². The van der Waals surface area contributed by atoms with Crippen LogP contribution in [-0.2, 0) is 0 Å². The van der Waals surface area contributed by atoms with Gasteiger partial charge in [0.05, 0.1) is 36.3 Å². The van der Waals surface area contributed by atoms with Gasteiger partial charge in [-0.15, -0.1) is 0 Å². The van der Waals surface area contributed by atoms with Crippen molar-refractivity contribution in [3.05, 3.63) is 92.8 Å². The molecule has 1 heterocycles. The van der Waals surface area contributed by atoms with Crippen LogP contribution in [0, 0.1) is 10.1 Å². The normalized spacial score (nSPS) is 11.1. The molecule has 1 aromatic heterocycles. The first-order valence-corrected chi connectivity index (χ1v) is 9.55. The molecule has 0 unspecified atom stereocenters. The third-order valence-electron chi connectivity index (χ3n) is 4.80. The molecule has 0 saturated carbocycles. The Balaban J connectivity index is 1.91. The molecule has 32 heavy (non-hydrogen) atoms. The first kappa shape index (κ1) is 20.7. The lowest BCUT2D eigenvalue weighted by molar-refractivity contribution is -0.384. The SMILES string of the molecule is COc1ccc(-c2nc3ccccc3c(=O)n2N=Cc2cccc([N+](=O)[O-])c2)cc1OC. The second-order valence-electron chi connectivity index (χ2n) is 6.74. The topological polar surface area (TPSA) is 109 Å². The Morgan fingerprint density at radius 1 is 1.00 bits per heavy atom. The van der Waals surface area contributed by atoms with Crippen LogP contribution in [0.2, 0.25) is 0 Å². The number of non-ortho nitro benzene ring substituents is 1. The number of nitro benzene ring substituents is 1. The van der Waals surface area contributed by atoms with Gasteiger partial charge in [-0.25, -0.2) is 4.98 Å². The van der Waals surface area contributed by atoms with Crippen LogP contribution in [0.1, 0.15) is 5.56 Å². The van der Waals surface area contributed by atoms with Crippen LogP contribution in [-0.4, -0.2) is 35.0 Å². The standard InChI is InChI=1S/C23H18N4O5/c1-31-20-11-10-16(13-21(20)32-2)22-25-19-9-4-3-8-18(19)23(28)26(22)24-14-15-6-5-7-17(12-15)27(29)30/h3-14H,1-2H3. The predicted octanol–water partition coefficient (Wildman–Crippen LogP) is 3.87. The molecule has 160 valence electrons. The summed E-state index contributed by atoms with van der Waals surface area (Å²) in [5.74, 6) is 1.30. The minimum absolute atomic E-state index is 0.0713. The van der Waals surface area contributed by atoms with Crippen molar-refractivity contribution in [3.63, 3.8) is 0 Å². The first-order valence-electron chi connectivity index (χ1n) is 9.55. The van der Waals surface area contributed by atoms with E-state index in [9.17, 15) is 14.9 Å². The lowest BCUT2D eigenvalue weighted by Gasteiger charge is -2.12. The Kier molecular flexibility index (Phi) is 5.63. The fourth-order valence-electron chi connectivity index (χ4n) is 3.24. The molecule has 9 nitrogen and oxygen atoms in total. The number of benzene rings is 3. The summed E-state index contributed by atoms with van der Waals surface area (Å²) in [6.45, 7) is 0. The summed E-state index contributed by atoms with van der Waals surface area (Å²) in [6, 6.07) is 18.1. The van der Waals surface area contributed by atoms with Crippen molar-refractivity contribution in [2.24, 2.45) is 5.10 Å². The molecular formula is C23H18N4O5. The zero-order valence-corrected chi connectivity index (χ0v) is 17.3. The van der Waals surface area contributed by atoms with Crippen molar-refractivity contribution in [1.82, 2.24) is 9.66 Å². The Labute approximate surface area is 182 Å². The summed E-state index contributed by atoms with van der Waals surface area (Å²) in [5, 5.41) is 15.8. The molecule has 0 saturated heterocycles. The van der Waals surface area contributed by atoms with E-state index >= 15 is 0 Å². The maximum absolute atomic E-state index is 13.2. The number of hydrogen-bond acceptors (Lipinski definition) is 7. The molecule has 0 bridgehead atoms. The lowest BCUT2D eigenvalue weighted by atomic mass is 10.1. The van der Waals surface area contributed by atoms with Gasteiger partial charge in [0, 0.05) is 23.3 Å². The van der Waals surface area contributed by atoms with Crippen LogP contribution in [0.4, 0.5) is 5.69 Å². The van der Waals surface area contributed by atoms with Gasteiger partial charge in [-0.1, -0.05) is 24.3 Å². The van der Waals surface area contributed by atoms with Crippen molar-refractivity contribution in [2.45, 2.75) is 0 Å². The summed E-state index contributed by atoms with van der Waals surface area (Å²) in [4.78, 5) is 28.4. The highest BCUT2D eigenvalue weighted by Crippen LogP contribution is 2.31. The van der Waals surface area contributed by atoms with E-state index < -0.39 is 4.92 Å². The maximum atomic E-state index is 13.2. The highest BCUT2D eigenvalue weighted by molar-refractivity contribution is 5.82. The summed E-state index contributed by atoms with van der Waals surface area (Å²) < 4.78 is 11.8. The van der Waals surface area contributed by atoms with E-state index in [4.69, 9.17) is 9.47 Å². The minimum Gasteiger partial charge on any atom is -0.493 e. The molecule has 9 heteroatoms. The monoisotopic (exact) mass is 430 g/mol. The number of nitro groups is 1. The molecule has 0 spiro atoms. The molecule has 0 amide bonds. The molecule has 0 fully saturated rings. The average Bonchev–Trinajstić information content (AvgIpc) is 2.83. The molecule has 0 atom stereocenters. The van der Waals surface area contributed by atoms with E-state index in [1.165, 1.54) is 37.2 Å². The van der Waals surface area contributed by atoms with Crippen molar-refractivity contribution in [3.8, 4) is 22.9 Å². The van der Waals surface area contributed by atoms with Crippen LogP contribution in [0.3, 0.4) is 0 Å². The number of fused-ring (bicyclic) bond motifs is 1. The van der Waals surface area contributed by atoms with E-state index in [1.54, 1.807) is 54.6 Å². The van der Waals surface area contributed by atoms with Gasteiger partial charge in [0.15, 0.2) is 17.3 Å². The number of nitrogens with zero attached hydrogens (tertiary/aromatic N) is 4. The maximum Gasteiger partial charge on any atom is 0.282 e. The van der Waals surface area contributed by atoms with Gasteiger partial charge in [0.2, 0.25) is 0 Å². The van der Waals surface area contributed by atoms with Crippen LogP contribution in [0.15, 0.2) is 76.6 Å². The van der Waals surface area contributed by atoms with Crippen molar-refractivity contribution < 1.29 is 14.4 Å². The number of para-hydroxylation sites is 1. The minimum atomic E-state index is -0.490. The van der Waals surface area contributed by atoms with Gasteiger partial charge in [-0.3, -0.25) is 14.9 Å². The highest BCUT2D eigenvalue weighted by Gasteiger charge is 2.15. The Bertz CT molecular complexity index is 1410. The Morgan fingerprint density at radius 2 is 1.78 bits per heavy atom. The quantitative estimate of drug-likeness (QED) is 0.261.